The van der Waals surface area contributed by atoms with Crippen LogP contribution in [-0.2, 0) is 0 Å². The lowest BCUT2D eigenvalue weighted by atomic mass is 10.1. The van der Waals surface area contributed by atoms with E-state index < -0.39 is 5.82 Å². The van der Waals surface area contributed by atoms with Crippen LogP contribution in [0.3, 0.4) is 0 Å². The van der Waals surface area contributed by atoms with Gasteiger partial charge < -0.3 is 0 Å². The number of hydrogen-bond donors (Lipinski definition) is 0. The number of carbonyl (C=O) groups excluding carboxylic acids is 1. The molecule has 0 aliphatic rings. The molecular weight excluding hydrogens is 254 g/mol. The van der Waals surface area contributed by atoms with Gasteiger partial charge in [0.15, 0.2) is 5.78 Å². The van der Waals surface area contributed by atoms with E-state index in [2.05, 4.69) is 0 Å². The summed E-state index contributed by atoms with van der Waals surface area (Å²) in [7, 11) is 0. The van der Waals surface area contributed by atoms with Crippen molar-refractivity contribution in [3.63, 3.8) is 0 Å². The normalized spacial score (nSPS) is 10.3. The Hall–Kier alpha value is -1.68. The van der Waals surface area contributed by atoms with E-state index in [4.69, 9.17) is 0 Å². The summed E-state index contributed by atoms with van der Waals surface area (Å²) < 4.78 is 25.9. The highest BCUT2D eigenvalue weighted by Crippen LogP contribution is 2.20. The molecule has 4 heteroatoms. The van der Waals surface area contributed by atoms with Gasteiger partial charge in [-0.1, -0.05) is 18.2 Å². The zero-order chi connectivity index (χ0) is 13.0. The number of rotatable bonds is 4. The van der Waals surface area contributed by atoms with Gasteiger partial charge in [0.25, 0.3) is 0 Å². The van der Waals surface area contributed by atoms with Crippen molar-refractivity contribution in [1.82, 2.24) is 0 Å². The molecule has 0 N–H and O–H groups in total. The van der Waals surface area contributed by atoms with E-state index in [1.54, 1.807) is 18.2 Å². The summed E-state index contributed by atoms with van der Waals surface area (Å²) in [5.74, 6) is -0.786. The third-order valence-corrected chi connectivity index (χ3v) is 3.31. The van der Waals surface area contributed by atoms with Gasteiger partial charge in [-0.2, -0.15) is 0 Å². The highest BCUT2D eigenvalue weighted by Gasteiger charge is 2.07. The molecule has 0 unspecified atom stereocenters. The van der Waals surface area contributed by atoms with E-state index in [9.17, 15) is 13.6 Å². The van der Waals surface area contributed by atoms with Crippen LogP contribution in [0.25, 0.3) is 0 Å². The van der Waals surface area contributed by atoms with E-state index in [1.165, 1.54) is 42.1 Å². The monoisotopic (exact) mass is 264 g/mol. The van der Waals surface area contributed by atoms with Crippen LogP contribution in [0.15, 0.2) is 53.4 Å². The lowest BCUT2D eigenvalue weighted by Gasteiger charge is -2.02. The fourth-order valence-corrected chi connectivity index (χ4v) is 2.29. The largest absolute Gasteiger partial charge is 0.293 e. The molecule has 0 aliphatic carbocycles. The molecule has 0 saturated carbocycles. The molecule has 2 aromatic carbocycles. The minimum absolute atomic E-state index is 0.160. The third-order valence-electron chi connectivity index (χ3n) is 2.31. The second kappa shape index (κ2) is 5.78. The van der Waals surface area contributed by atoms with Gasteiger partial charge in [-0.15, -0.1) is 11.8 Å². The molecule has 2 aromatic rings. The molecule has 0 aliphatic heterocycles. The van der Waals surface area contributed by atoms with Crippen molar-refractivity contribution in [2.24, 2.45) is 0 Å². The summed E-state index contributed by atoms with van der Waals surface area (Å²) >= 11 is 1.23. The molecule has 1 nitrogen and oxygen atoms in total. The standard InChI is InChI=1S/C14H10F2OS/c15-11-4-1-3-10(7-11)14(17)9-18-13-6-2-5-12(16)8-13/h1-8H,9H2. The summed E-state index contributed by atoms with van der Waals surface area (Å²) in [5, 5.41) is 0. The highest BCUT2D eigenvalue weighted by molar-refractivity contribution is 8.00. The molecule has 0 atom stereocenters. The van der Waals surface area contributed by atoms with Gasteiger partial charge in [0, 0.05) is 10.5 Å². The van der Waals surface area contributed by atoms with Crippen molar-refractivity contribution < 1.29 is 13.6 Å². The lowest BCUT2D eigenvalue weighted by molar-refractivity contribution is 0.102. The van der Waals surface area contributed by atoms with Crippen LogP contribution < -0.4 is 0 Å². The first-order valence-electron chi connectivity index (χ1n) is 5.32. The van der Waals surface area contributed by atoms with Crippen LogP contribution in [0.1, 0.15) is 10.4 Å². The zero-order valence-electron chi connectivity index (χ0n) is 9.40. The molecule has 0 fully saturated rings. The molecule has 0 bridgehead atoms. The van der Waals surface area contributed by atoms with E-state index in [0.717, 1.165) is 0 Å². The molecule has 0 aromatic heterocycles. The van der Waals surface area contributed by atoms with Gasteiger partial charge in [-0.3, -0.25) is 4.79 Å². The second-order valence-electron chi connectivity index (χ2n) is 3.68. The summed E-state index contributed by atoms with van der Waals surface area (Å²) in [6.45, 7) is 0. The van der Waals surface area contributed by atoms with Crippen LogP contribution in [0.2, 0.25) is 0 Å². The summed E-state index contributed by atoms with van der Waals surface area (Å²) in [4.78, 5) is 12.5. The van der Waals surface area contributed by atoms with E-state index in [0.29, 0.717) is 10.5 Å². The number of thioether (sulfide) groups is 1. The van der Waals surface area contributed by atoms with Crippen molar-refractivity contribution in [3.8, 4) is 0 Å². The van der Waals surface area contributed by atoms with Crippen molar-refractivity contribution in [2.45, 2.75) is 4.90 Å². The zero-order valence-corrected chi connectivity index (χ0v) is 10.2. The van der Waals surface area contributed by atoms with Crippen LogP contribution in [0, 0.1) is 11.6 Å². The molecule has 0 amide bonds. The maximum Gasteiger partial charge on any atom is 0.173 e. The number of Topliss-reactive ketones (excluding diaryl/α,β-unsaturated/α-hetero) is 1. The maximum atomic E-state index is 12.9. The first-order valence-corrected chi connectivity index (χ1v) is 6.31. The Morgan fingerprint density at radius 3 is 2.33 bits per heavy atom. The van der Waals surface area contributed by atoms with Crippen LogP contribution in [0.4, 0.5) is 8.78 Å². The molecule has 0 spiro atoms. The van der Waals surface area contributed by atoms with Gasteiger partial charge in [0.05, 0.1) is 5.75 Å². The number of benzene rings is 2. The van der Waals surface area contributed by atoms with Crippen LogP contribution >= 0.6 is 11.8 Å². The van der Waals surface area contributed by atoms with Gasteiger partial charge in [0.2, 0.25) is 0 Å². The molecular formula is C14H10F2OS. The van der Waals surface area contributed by atoms with Crippen LogP contribution in [-0.4, -0.2) is 11.5 Å². The lowest BCUT2D eigenvalue weighted by Crippen LogP contribution is -2.02. The molecule has 0 radical (unpaired) electrons. The minimum atomic E-state index is -0.434. The number of carbonyl (C=O) groups is 1. The molecule has 0 saturated heterocycles. The smallest absolute Gasteiger partial charge is 0.173 e. The highest BCUT2D eigenvalue weighted by atomic mass is 32.2. The molecule has 2 rings (SSSR count). The summed E-state index contributed by atoms with van der Waals surface area (Å²) in [6.07, 6.45) is 0. The molecule has 92 valence electrons. The van der Waals surface area contributed by atoms with E-state index >= 15 is 0 Å². The first-order chi connectivity index (χ1) is 8.65. The number of hydrogen-bond acceptors (Lipinski definition) is 2. The summed E-state index contributed by atoms with van der Waals surface area (Å²) in [5.41, 5.74) is 0.332. The van der Waals surface area contributed by atoms with Crippen molar-refractivity contribution >= 4 is 17.5 Å². The molecule has 0 heterocycles. The van der Waals surface area contributed by atoms with Gasteiger partial charge in [-0.25, -0.2) is 8.78 Å². The fraction of sp³-hybridized carbons (Fsp3) is 0.0714. The first kappa shape index (κ1) is 12.8. The maximum absolute atomic E-state index is 12.9. The predicted molar refractivity (Wildman–Crippen MR) is 67.9 cm³/mol. The summed E-state index contributed by atoms with van der Waals surface area (Å²) in [6, 6.07) is 11.6. The second-order valence-corrected chi connectivity index (χ2v) is 4.73. The number of halogens is 2. The minimum Gasteiger partial charge on any atom is -0.293 e. The Bertz CT molecular complexity index is 569. The van der Waals surface area contributed by atoms with Gasteiger partial charge in [-0.05, 0) is 30.3 Å². The van der Waals surface area contributed by atoms with E-state index in [-0.39, 0.29) is 17.4 Å². The Labute approximate surface area is 108 Å². The Morgan fingerprint density at radius 1 is 1.00 bits per heavy atom. The van der Waals surface area contributed by atoms with Gasteiger partial charge >= 0.3 is 0 Å². The Kier molecular flexibility index (Phi) is 4.10. The van der Waals surface area contributed by atoms with Crippen molar-refractivity contribution in [3.05, 3.63) is 65.7 Å². The van der Waals surface area contributed by atoms with E-state index in [1.807, 2.05) is 0 Å². The predicted octanol–water partition coefficient (Wildman–Crippen LogP) is 3.94. The average molecular weight is 264 g/mol. The average Bonchev–Trinajstić information content (AvgIpc) is 2.36. The quantitative estimate of drug-likeness (QED) is 0.614. The van der Waals surface area contributed by atoms with Crippen molar-refractivity contribution in [1.29, 1.82) is 0 Å². The van der Waals surface area contributed by atoms with Crippen molar-refractivity contribution in [2.75, 3.05) is 5.75 Å². The Morgan fingerprint density at radius 2 is 1.67 bits per heavy atom. The van der Waals surface area contributed by atoms with Gasteiger partial charge in [0.1, 0.15) is 11.6 Å². The Balaban J connectivity index is 2.00. The fourth-order valence-electron chi connectivity index (χ4n) is 1.45. The SMILES string of the molecule is O=C(CSc1cccc(F)c1)c1cccc(F)c1. The number of ketones is 1. The third kappa shape index (κ3) is 3.40. The molecule has 18 heavy (non-hydrogen) atoms. The van der Waals surface area contributed by atoms with Crippen LogP contribution in [0.5, 0.6) is 0 Å². The topological polar surface area (TPSA) is 17.1 Å².